The van der Waals surface area contributed by atoms with E-state index in [4.69, 9.17) is 9.47 Å². The number of aliphatic hydroxyl groups excluding tert-OH is 1. The first kappa shape index (κ1) is 26.0. The normalized spacial score (nSPS) is 45.3. The number of rotatable bonds is 2. The van der Waals surface area contributed by atoms with Crippen molar-refractivity contribution < 1.29 is 29.3 Å². The van der Waals surface area contributed by atoms with Crippen LogP contribution in [0.15, 0.2) is 22.8 Å². The molecular formula is C30H44O6. The molecule has 5 rings (SSSR count). The van der Waals surface area contributed by atoms with Gasteiger partial charge >= 0.3 is 11.9 Å². The van der Waals surface area contributed by atoms with Crippen molar-refractivity contribution in [1.29, 1.82) is 0 Å². The van der Waals surface area contributed by atoms with E-state index in [2.05, 4.69) is 20.8 Å². The van der Waals surface area contributed by atoms with Crippen LogP contribution in [0.4, 0.5) is 0 Å². The van der Waals surface area contributed by atoms with Gasteiger partial charge in [-0.2, -0.15) is 0 Å². The van der Waals surface area contributed by atoms with E-state index < -0.39 is 23.4 Å². The Hall–Kier alpha value is -1.66. The number of cyclic esters (lactones) is 2. The fourth-order valence-electron chi connectivity index (χ4n) is 9.25. The summed E-state index contributed by atoms with van der Waals surface area (Å²) in [5.41, 5.74) is 1.77. The molecule has 2 fully saturated rings. The Morgan fingerprint density at radius 1 is 1.03 bits per heavy atom. The number of fused-ring (bicyclic) bond motifs is 3. The van der Waals surface area contributed by atoms with Crippen LogP contribution in [-0.4, -0.2) is 45.6 Å². The maximum absolute atomic E-state index is 12.3. The SMILES string of the molecule is CC1=C[C@H](O)[C@@H]([C@@H](C)[C@H]2CC[C@@]3(C)C4=C(CC[C@]23C)C[C@@]2(O)CCC(=O)OC(C)(C)[C@@H]2CC4)OC1=O. The van der Waals surface area contributed by atoms with Crippen molar-refractivity contribution >= 4 is 11.9 Å². The van der Waals surface area contributed by atoms with E-state index in [-0.39, 0.29) is 41.0 Å². The first-order chi connectivity index (χ1) is 16.7. The Morgan fingerprint density at radius 2 is 1.75 bits per heavy atom. The Kier molecular flexibility index (Phi) is 6.08. The predicted molar refractivity (Wildman–Crippen MR) is 136 cm³/mol. The highest BCUT2D eigenvalue weighted by atomic mass is 16.6. The zero-order chi connectivity index (χ0) is 26.3. The molecule has 0 aromatic heterocycles. The largest absolute Gasteiger partial charge is 0.459 e. The van der Waals surface area contributed by atoms with Gasteiger partial charge in [-0.05, 0) is 101 Å². The molecule has 0 radical (unpaired) electrons. The molecular weight excluding hydrogens is 456 g/mol. The number of ether oxygens (including phenoxy) is 2. The van der Waals surface area contributed by atoms with Crippen LogP contribution in [0.25, 0.3) is 0 Å². The molecule has 5 aliphatic rings. The average Bonchev–Trinajstić information content (AvgIpc) is 2.90. The second-order valence-electron chi connectivity index (χ2n) is 13.5. The summed E-state index contributed by atoms with van der Waals surface area (Å²) < 4.78 is 11.6. The van der Waals surface area contributed by atoms with Gasteiger partial charge in [0.2, 0.25) is 0 Å². The second kappa shape index (κ2) is 8.42. The van der Waals surface area contributed by atoms with Crippen molar-refractivity contribution in [1.82, 2.24) is 0 Å². The van der Waals surface area contributed by atoms with Gasteiger partial charge in [0.1, 0.15) is 17.8 Å². The smallest absolute Gasteiger partial charge is 0.333 e. The third-order valence-corrected chi connectivity index (χ3v) is 11.4. The van der Waals surface area contributed by atoms with Gasteiger partial charge < -0.3 is 19.7 Å². The number of carbonyl (C=O) groups is 2. The van der Waals surface area contributed by atoms with Crippen molar-refractivity contribution in [2.45, 2.75) is 123 Å². The highest BCUT2D eigenvalue weighted by molar-refractivity contribution is 5.88. The van der Waals surface area contributed by atoms with Gasteiger partial charge in [0.25, 0.3) is 0 Å². The van der Waals surface area contributed by atoms with Crippen LogP contribution in [-0.2, 0) is 19.1 Å². The lowest BCUT2D eigenvalue weighted by Gasteiger charge is -2.53. The Bertz CT molecular complexity index is 1020. The van der Waals surface area contributed by atoms with Crippen molar-refractivity contribution in [3.63, 3.8) is 0 Å². The standard InChI is InChI=1S/C30H44O6/c1-17-15-22(31)25(35-26(17)33)18(2)20-10-13-29(6)21-7-8-23-27(3,4)36-24(32)11-14-30(23,34)16-19(21)9-12-28(20,29)5/h15,18,20,22-23,25,31,34H,7-14,16H2,1-6H3/t18-,20+,22-,23-,25+,28+,29-,30-/m0/s1. The summed E-state index contributed by atoms with van der Waals surface area (Å²) in [5.74, 6) is -0.260. The summed E-state index contributed by atoms with van der Waals surface area (Å²) in [5, 5.41) is 22.7. The maximum Gasteiger partial charge on any atom is 0.333 e. The van der Waals surface area contributed by atoms with Gasteiger partial charge in [-0.1, -0.05) is 31.9 Å². The van der Waals surface area contributed by atoms with Gasteiger partial charge in [-0.25, -0.2) is 4.79 Å². The molecule has 1 saturated heterocycles. The van der Waals surface area contributed by atoms with Gasteiger partial charge in [0, 0.05) is 17.9 Å². The van der Waals surface area contributed by atoms with Crippen molar-refractivity contribution in [3.05, 3.63) is 22.8 Å². The number of carbonyl (C=O) groups excluding carboxylic acids is 2. The zero-order valence-electron chi connectivity index (χ0n) is 22.9. The van der Waals surface area contributed by atoms with Gasteiger partial charge in [-0.15, -0.1) is 0 Å². The van der Waals surface area contributed by atoms with Crippen LogP contribution in [0.1, 0.15) is 99.3 Å². The van der Waals surface area contributed by atoms with Crippen LogP contribution in [0.3, 0.4) is 0 Å². The van der Waals surface area contributed by atoms with Crippen molar-refractivity contribution in [2.75, 3.05) is 0 Å². The summed E-state index contributed by atoms with van der Waals surface area (Å²) in [7, 11) is 0. The zero-order valence-corrected chi connectivity index (χ0v) is 22.9. The number of hydrogen-bond donors (Lipinski definition) is 2. The summed E-state index contributed by atoms with van der Waals surface area (Å²) in [4.78, 5) is 24.6. The average molecular weight is 501 g/mol. The number of hydrogen-bond acceptors (Lipinski definition) is 6. The molecule has 6 nitrogen and oxygen atoms in total. The van der Waals surface area contributed by atoms with Crippen molar-refractivity contribution in [2.24, 2.45) is 28.6 Å². The minimum atomic E-state index is -0.924. The Morgan fingerprint density at radius 3 is 2.47 bits per heavy atom. The molecule has 1 saturated carbocycles. The van der Waals surface area contributed by atoms with E-state index >= 15 is 0 Å². The molecule has 200 valence electrons. The van der Waals surface area contributed by atoms with Crippen LogP contribution in [0, 0.1) is 28.6 Å². The molecule has 0 aromatic carbocycles. The van der Waals surface area contributed by atoms with E-state index in [9.17, 15) is 19.8 Å². The molecule has 2 aliphatic heterocycles. The minimum absolute atomic E-state index is 0.00434. The Labute approximate surface area is 215 Å². The lowest BCUT2D eigenvalue weighted by Crippen LogP contribution is -2.49. The molecule has 2 heterocycles. The van der Waals surface area contributed by atoms with Gasteiger partial charge in [0.15, 0.2) is 0 Å². The molecule has 36 heavy (non-hydrogen) atoms. The van der Waals surface area contributed by atoms with E-state index in [1.54, 1.807) is 13.0 Å². The number of esters is 2. The molecule has 0 amide bonds. The fourth-order valence-corrected chi connectivity index (χ4v) is 9.25. The highest BCUT2D eigenvalue weighted by Gasteiger charge is 2.62. The Balaban J connectivity index is 1.46. The van der Waals surface area contributed by atoms with Crippen LogP contribution in [0.5, 0.6) is 0 Å². The lowest BCUT2D eigenvalue weighted by atomic mass is 9.52. The van der Waals surface area contributed by atoms with Gasteiger partial charge in [-0.3, -0.25) is 4.79 Å². The van der Waals surface area contributed by atoms with E-state index in [0.29, 0.717) is 24.3 Å². The summed E-state index contributed by atoms with van der Waals surface area (Å²) in [6.45, 7) is 12.6. The monoisotopic (exact) mass is 500 g/mol. The summed E-state index contributed by atoms with van der Waals surface area (Å²) >= 11 is 0. The first-order valence-corrected chi connectivity index (χ1v) is 13.9. The maximum atomic E-state index is 12.3. The number of aliphatic hydroxyl groups is 2. The minimum Gasteiger partial charge on any atom is -0.459 e. The van der Waals surface area contributed by atoms with E-state index in [1.807, 2.05) is 13.8 Å². The molecule has 0 spiro atoms. The first-order valence-electron chi connectivity index (χ1n) is 13.9. The van der Waals surface area contributed by atoms with E-state index in [0.717, 1.165) is 38.5 Å². The van der Waals surface area contributed by atoms with E-state index in [1.165, 1.54) is 11.1 Å². The second-order valence-corrected chi connectivity index (χ2v) is 13.5. The third-order valence-electron chi connectivity index (χ3n) is 11.4. The van der Waals surface area contributed by atoms with Gasteiger partial charge in [0.05, 0.1) is 5.60 Å². The topological polar surface area (TPSA) is 93.1 Å². The molecule has 2 N–H and O–H groups in total. The van der Waals surface area contributed by atoms with Crippen LogP contribution in [0.2, 0.25) is 0 Å². The summed E-state index contributed by atoms with van der Waals surface area (Å²) in [6.07, 6.45) is 7.50. The molecule has 0 aromatic rings. The predicted octanol–water partition coefficient (Wildman–Crippen LogP) is 5.01. The number of allylic oxidation sites excluding steroid dienone is 1. The fraction of sp³-hybridized carbons (Fsp3) is 0.800. The highest BCUT2D eigenvalue weighted by Crippen LogP contribution is 2.69. The molecule has 6 heteroatoms. The van der Waals surface area contributed by atoms with Crippen LogP contribution >= 0.6 is 0 Å². The quantitative estimate of drug-likeness (QED) is 0.409. The van der Waals surface area contributed by atoms with Crippen LogP contribution < -0.4 is 0 Å². The van der Waals surface area contributed by atoms with Crippen molar-refractivity contribution in [3.8, 4) is 0 Å². The molecule has 3 aliphatic carbocycles. The lowest BCUT2D eigenvalue weighted by molar-refractivity contribution is -0.165. The summed E-state index contributed by atoms with van der Waals surface area (Å²) in [6, 6.07) is 0. The molecule has 8 atom stereocenters. The third kappa shape index (κ3) is 3.73. The molecule has 0 unspecified atom stereocenters. The molecule has 0 bridgehead atoms.